The van der Waals surface area contributed by atoms with Gasteiger partial charge in [-0.2, -0.15) is 0 Å². The van der Waals surface area contributed by atoms with E-state index in [0.29, 0.717) is 0 Å². The molecular weight excluding hydrogens is 372 g/mol. The molecule has 1 amide bonds. The van der Waals surface area contributed by atoms with Crippen LogP contribution in [0.25, 0.3) is 0 Å². The Morgan fingerprint density at radius 2 is 1.85 bits per heavy atom. The van der Waals surface area contributed by atoms with Crippen LogP contribution in [0.4, 0.5) is 5.69 Å². The Labute approximate surface area is 161 Å². The van der Waals surface area contributed by atoms with Crippen LogP contribution in [0.15, 0.2) is 48.5 Å². The third-order valence-electron chi connectivity index (χ3n) is 4.14. The first kappa shape index (κ1) is 20.4. The summed E-state index contributed by atoms with van der Waals surface area (Å²) in [4.78, 5) is 34.0. The number of halogens is 1. The van der Waals surface area contributed by atoms with Crippen molar-refractivity contribution in [3.05, 3.63) is 74.8 Å². The van der Waals surface area contributed by atoms with Crippen molar-refractivity contribution >= 4 is 29.2 Å². The Balaban J connectivity index is 2.19. The van der Waals surface area contributed by atoms with Crippen molar-refractivity contribution in [2.75, 3.05) is 0 Å². The highest BCUT2D eigenvalue weighted by Crippen LogP contribution is 2.30. The Kier molecular flexibility index (Phi) is 6.90. The number of aliphatic carboxylic acids is 1. The quantitative estimate of drug-likeness (QED) is 0.521. The molecule has 2 aromatic rings. The normalized spacial score (nSPS) is 12.8. The van der Waals surface area contributed by atoms with E-state index in [1.165, 1.54) is 18.2 Å². The van der Waals surface area contributed by atoms with E-state index in [4.69, 9.17) is 16.7 Å². The Hall–Kier alpha value is -2.93. The first-order valence-corrected chi connectivity index (χ1v) is 8.65. The van der Waals surface area contributed by atoms with Gasteiger partial charge in [0.05, 0.1) is 17.4 Å². The number of nitrogens with zero attached hydrogens (tertiary/aromatic N) is 1. The predicted octanol–water partition coefficient (Wildman–Crippen LogP) is 4.07. The van der Waals surface area contributed by atoms with E-state index < -0.39 is 23.4 Å². The molecule has 0 fully saturated rings. The van der Waals surface area contributed by atoms with Crippen LogP contribution in [-0.4, -0.2) is 21.9 Å². The summed E-state index contributed by atoms with van der Waals surface area (Å²) in [5.74, 6) is -1.59. The third-order valence-corrected chi connectivity index (χ3v) is 4.48. The number of carbonyl (C=O) groups excluding carboxylic acids is 1. The van der Waals surface area contributed by atoms with Gasteiger partial charge in [-0.15, -0.1) is 0 Å². The van der Waals surface area contributed by atoms with Crippen LogP contribution in [0, 0.1) is 10.1 Å². The fourth-order valence-corrected chi connectivity index (χ4v) is 3.01. The summed E-state index contributed by atoms with van der Waals surface area (Å²) in [6, 6.07) is 12.2. The smallest absolute Gasteiger partial charge is 0.305 e. The Morgan fingerprint density at radius 3 is 2.44 bits per heavy atom. The first-order valence-electron chi connectivity index (χ1n) is 8.28. The molecule has 0 bridgehead atoms. The molecule has 0 aliphatic rings. The minimum absolute atomic E-state index is 0.0720. The number of carbonyl (C=O) groups is 2. The number of carboxylic acid groups (broad SMARTS) is 1. The minimum atomic E-state index is -1.15. The van der Waals surface area contributed by atoms with Crippen molar-refractivity contribution in [2.45, 2.75) is 31.7 Å². The second-order valence-electron chi connectivity index (χ2n) is 6.20. The van der Waals surface area contributed by atoms with Gasteiger partial charge in [0, 0.05) is 29.1 Å². The van der Waals surface area contributed by atoms with E-state index in [-0.39, 0.29) is 34.5 Å². The van der Waals surface area contributed by atoms with E-state index in [1.807, 2.05) is 37.3 Å². The molecule has 0 aromatic heterocycles. The average molecular weight is 391 g/mol. The van der Waals surface area contributed by atoms with Gasteiger partial charge >= 0.3 is 5.97 Å². The van der Waals surface area contributed by atoms with Crippen molar-refractivity contribution in [1.82, 2.24) is 5.32 Å². The number of nitro groups is 1. The van der Waals surface area contributed by atoms with Crippen LogP contribution in [0.3, 0.4) is 0 Å². The van der Waals surface area contributed by atoms with E-state index in [9.17, 15) is 19.7 Å². The van der Waals surface area contributed by atoms with Crippen LogP contribution in [0.2, 0.25) is 5.02 Å². The van der Waals surface area contributed by atoms with Crippen molar-refractivity contribution in [1.29, 1.82) is 0 Å². The summed E-state index contributed by atoms with van der Waals surface area (Å²) >= 11 is 6.10. The lowest BCUT2D eigenvalue weighted by Crippen LogP contribution is -2.31. The molecule has 0 radical (unpaired) electrons. The second-order valence-corrected chi connectivity index (χ2v) is 6.60. The zero-order valence-electron chi connectivity index (χ0n) is 14.6. The van der Waals surface area contributed by atoms with Crippen LogP contribution in [-0.2, 0) is 9.59 Å². The largest absolute Gasteiger partial charge is 0.481 e. The molecular formula is C19H19ClN2O5. The van der Waals surface area contributed by atoms with Crippen molar-refractivity contribution in [3.8, 4) is 0 Å². The monoisotopic (exact) mass is 390 g/mol. The molecule has 27 heavy (non-hydrogen) atoms. The van der Waals surface area contributed by atoms with Crippen molar-refractivity contribution in [2.24, 2.45) is 0 Å². The van der Waals surface area contributed by atoms with Crippen LogP contribution in [0.5, 0.6) is 0 Å². The molecule has 7 nitrogen and oxygen atoms in total. The summed E-state index contributed by atoms with van der Waals surface area (Å²) in [5, 5.41) is 23.0. The standard InChI is InChI=1S/C19H19ClN2O5/c1-12(13-5-3-2-4-6-13)9-18(23)21-17(11-19(24)25)15-10-14(22(26)27)7-8-16(15)20/h2-8,10,12,17H,9,11H2,1H3,(H,21,23)(H,24,25)/t12-,17-/m0/s1. The fourth-order valence-electron chi connectivity index (χ4n) is 2.76. The van der Waals surface area contributed by atoms with Gasteiger partial charge in [0.2, 0.25) is 5.91 Å². The average Bonchev–Trinajstić information content (AvgIpc) is 2.61. The number of rotatable bonds is 8. The number of nitro benzene ring substituents is 1. The van der Waals surface area contributed by atoms with Crippen LogP contribution >= 0.6 is 11.6 Å². The van der Waals surface area contributed by atoms with Crippen LogP contribution in [0.1, 0.15) is 42.9 Å². The minimum Gasteiger partial charge on any atom is -0.481 e. The van der Waals surface area contributed by atoms with Gasteiger partial charge in [0.15, 0.2) is 0 Å². The summed E-state index contributed by atoms with van der Waals surface area (Å²) < 4.78 is 0. The van der Waals surface area contributed by atoms with Gasteiger partial charge in [-0.3, -0.25) is 19.7 Å². The number of hydrogen-bond acceptors (Lipinski definition) is 4. The number of non-ortho nitro benzene ring substituents is 1. The maximum absolute atomic E-state index is 12.4. The van der Waals surface area contributed by atoms with E-state index >= 15 is 0 Å². The summed E-state index contributed by atoms with van der Waals surface area (Å²) in [5.41, 5.74) is 0.960. The topological polar surface area (TPSA) is 110 Å². The van der Waals surface area contributed by atoms with Gasteiger partial charge < -0.3 is 10.4 Å². The SMILES string of the molecule is C[C@@H](CC(=O)N[C@@H](CC(=O)O)c1cc([N+](=O)[O-])ccc1Cl)c1ccccc1. The molecule has 8 heteroatoms. The van der Waals surface area contributed by atoms with Gasteiger partial charge in [0.25, 0.3) is 5.69 Å². The summed E-state index contributed by atoms with van der Waals surface area (Å²) in [7, 11) is 0. The molecule has 2 rings (SSSR count). The zero-order valence-corrected chi connectivity index (χ0v) is 15.3. The van der Waals surface area contributed by atoms with Gasteiger partial charge in [-0.25, -0.2) is 0 Å². The lowest BCUT2D eigenvalue weighted by molar-refractivity contribution is -0.384. The van der Waals surface area contributed by atoms with Gasteiger partial charge in [-0.1, -0.05) is 48.9 Å². The number of benzene rings is 2. The van der Waals surface area contributed by atoms with Gasteiger partial charge in [0.1, 0.15) is 0 Å². The first-order chi connectivity index (χ1) is 12.8. The molecule has 0 saturated carbocycles. The summed E-state index contributed by atoms with van der Waals surface area (Å²) in [6.45, 7) is 1.89. The highest BCUT2D eigenvalue weighted by molar-refractivity contribution is 6.31. The maximum atomic E-state index is 12.4. The van der Waals surface area contributed by atoms with Crippen LogP contribution < -0.4 is 5.32 Å². The Bertz CT molecular complexity index is 841. The lowest BCUT2D eigenvalue weighted by atomic mass is 9.96. The maximum Gasteiger partial charge on any atom is 0.305 e. The second kappa shape index (κ2) is 9.14. The molecule has 142 valence electrons. The Morgan fingerprint density at radius 1 is 1.19 bits per heavy atom. The molecule has 0 saturated heterocycles. The summed E-state index contributed by atoms with van der Waals surface area (Å²) in [6.07, 6.45) is -0.293. The number of amides is 1. The molecule has 2 aromatic carbocycles. The highest BCUT2D eigenvalue weighted by atomic mass is 35.5. The number of hydrogen-bond donors (Lipinski definition) is 2. The molecule has 0 aliphatic heterocycles. The molecule has 0 spiro atoms. The lowest BCUT2D eigenvalue weighted by Gasteiger charge is -2.20. The van der Waals surface area contributed by atoms with Gasteiger partial charge in [-0.05, 0) is 17.5 Å². The van der Waals surface area contributed by atoms with E-state index in [0.717, 1.165) is 5.56 Å². The molecule has 0 heterocycles. The fraction of sp³-hybridized carbons (Fsp3) is 0.263. The number of carboxylic acids is 1. The molecule has 0 unspecified atom stereocenters. The van der Waals surface area contributed by atoms with Crippen molar-refractivity contribution < 1.29 is 19.6 Å². The molecule has 2 atom stereocenters. The highest BCUT2D eigenvalue weighted by Gasteiger charge is 2.23. The van der Waals surface area contributed by atoms with E-state index in [1.54, 1.807) is 0 Å². The van der Waals surface area contributed by atoms with Crippen molar-refractivity contribution in [3.63, 3.8) is 0 Å². The third kappa shape index (κ3) is 5.79. The molecule has 2 N–H and O–H groups in total. The zero-order chi connectivity index (χ0) is 20.0. The predicted molar refractivity (Wildman–Crippen MR) is 101 cm³/mol. The molecule has 0 aliphatic carbocycles. The van der Waals surface area contributed by atoms with E-state index in [2.05, 4.69) is 5.32 Å². The number of nitrogens with one attached hydrogen (secondary N) is 1.